The zero-order chi connectivity index (χ0) is 19.3. The van der Waals surface area contributed by atoms with Crippen molar-refractivity contribution in [1.29, 1.82) is 0 Å². The Hall–Kier alpha value is -2.92. The van der Waals surface area contributed by atoms with E-state index in [0.717, 1.165) is 51.2 Å². The number of hydrogen-bond donors (Lipinski definition) is 1. The summed E-state index contributed by atoms with van der Waals surface area (Å²) in [6, 6.07) is 20.2. The van der Waals surface area contributed by atoms with Crippen molar-refractivity contribution in [1.82, 2.24) is 9.97 Å². The van der Waals surface area contributed by atoms with Gasteiger partial charge in [0.2, 0.25) is 0 Å². The van der Waals surface area contributed by atoms with Gasteiger partial charge in [-0.1, -0.05) is 35.9 Å². The number of anilines is 1. The van der Waals surface area contributed by atoms with Crippen LogP contribution in [0.2, 0.25) is 0 Å². The van der Waals surface area contributed by atoms with Crippen LogP contribution < -0.4 is 10.1 Å². The van der Waals surface area contributed by atoms with Crippen LogP contribution in [0.15, 0.2) is 77.5 Å². The molecule has 4 aromatic rings. The number of aryl methyl sites for hydroxylation is 1. The van der Waals surface area contributed by atoms with Gasteiger partial charge in [0, 0.05) is 28.8 Å². The lowest BCUT2D eigenvalue weighted by atomic mass is 10.1. The van der Waals surface area contributed by atoms with E-state index in [1.807, 2.05) is 42.5 Å². The predicted octanol–water partition coefficient (Wildman–Crippen LogP) is 6.15. The molecule has 5 heteroatoms. The molecule has 2 aromatic carbocycles. The monoisotopic (exact) mass is 433 g/mol. The van der Waals surface area contributed by atoms with Crippen molar-refractivity contribution < 1.29 is 4.74 Å². The van der Waals surface area contributed by atoms with Gasteiger partial charge in [0.15, 0.2) is 5.82 Å². The molecule has 4 rings (SSSR count). The van der Waals surface area contributed by atoms with Gasteiger partial charge in [-0.2, -0.15) is 0 Å². The maximum atomic E-state index is 6.09. The molecule has 0 atom stereocenters. The highest BCUT2D eigenvalue weighted by Crippen LogP contribution is 2.28. The zero-order valence-electron chi connectivity index (χ0n) is 15.5. The Balaban J connectivity index is 1.47. The molecule has 0 aliphatic rings. The Morgan fingerprint density at radius 3 is 2.64 bits per heavy atom. The average Bonchev–Trinajstić information content (AvgIpc) is 2.73. The number of halogens is 1. The molecule has 2 heterocycles. The minimum Gasteiger partial charge on any atom is -0.457 e. The lowest BCUT2D eigenvalue weighted by Crippen LogP contribution is -2.08. The molecule has 2 aromatic heterocycles. The maximum absolute atomic E-state index is 6.09. The Morgan fingerprint density at radius 1 is 0.964 bits per heavy atom. The minimum absolute atomic E-state index is 0.731. The molecule has 0 amide bonds. The first kappa shape index (κ1) is 18.4. The van der Waals surface area contributed by atoms with Crippen molar-refractivity contribution in [2.75, 3.05) is 11.9 Å². The van der Waals surface area contributed by atoms with E-state index < -0.39 is 0 Å². The number of para-hydroxylation sites is 1. The second-order valence-corrected chi connectivity index (χ2v) is 7.41. The number of hydrogen-bond acceptors (Lipinski definition) is 4. The summed E-state index contributed by atoms with van der Waals surface area (Å²) in [5.74, 6) is 2.51. The molecule has 0 saturated heterocycles. The number of fused-ring (bicyclic) bond motifs is 1. The minimum atomic E-state index is 0.731. The van der Waals surface area contributed by atoms with Gasteiger partial charge in [0.05, 0.1) is 0 Å². The number of ether oxygens (including phenoxy) is 1. The molecule has 1 N–H and O–H groups in total. The Bertz CT molecular complexity index is 1100. The topological polar surface area (TPSA) is 47.0 Å². The quantitative estimate of drug-likeness (QED) is 0.396. The first-order valence-electron chi connectivity index (χ1n) is 9.16. The molecule has 0 spiro atoms. The van der Waals surface area contributed by atoms with Gasteiger partial charge in [-0.25, -0.2) is 4.98 Å². The molecule has 4 nitrogen and oxygen atoms in total. The van der Waals surface area contributed by atoms with Crippen molar-refractivity contribution >= 4 is 32.7 Å². The number of pyridine rings is 2. The van der Waals surface area contributed by atoms with Crippen LogP contribution in [0.1, 0.15) is 11.1 Å². The molecule has 28 heavy (non-hydrogen) atoms. The Morgan fingerprint density at radius 2 is 1.79 bits per heavy atom. The zero-order valence-corrected chi connectivity index (χ0v) is 17.1. The average molecular weight is 434 g/mol. The SMILES string of the molecule is Cc1ccc(Oc2ccccc2CCNc2ncc(Br)c3cccnc23)cc1. The second kappa shape index (κ2) is 8.40. The summed E-state index contributed by atoms with van der Waals surface area (Å²) in [7, 11) is 0. The summed E-state index contributed by atoms with van der Waals surface area (Å²) in [4.78, 5) is 8.95. The fraction of sp³-hybridized carbons (Fsp3) is 0.130. The molecule has 0 saturated carbocycles. The van der Waals surface area contributed by atoms with E-state index in [4.69, 9.17) is 4.74 Å². The number of aromatic nitrogens is 2. The Kier molecular flexibility index (Phi) is 5.53. The van der Waals surface area contributed by atoms with E-state index in [9.17, 15) is 0 Å². The van der Waals surface area contributed by atoms with Crippen LogP contribution in [0.5, 0.6) is 11.5 Å². The Labute approximate surface area is 172 Å². The fourth-order valence-corrected chi connectivity index (χ4v) is 3.45. The smallest absolute Gasteiger partial charge is 0.152 e. The third-order valence-corrected chi connectivity index (χ3v) is 5.14. The summed E-state index contributed by atoms with van der Waals surface area (Å²) in [6.45, 7) is 2.80. The van der Waals surface area contributed by atoms with Crippen LogP contribution in [0.3, 0.4) is 0 Å². The van der Waals surface area contributed by atoms with E-state index in [0.29, 0.717) is 0 Å². The lowest BCUT2D eigenvalue weighted by Gasteiger charge is -2.13. The van der Waals surface area contributed by atoms with E-state index >= 15 is 0 Å². The van der Waals surface area contributed by atoms with E-state index in [1.165, 1.54) is 5.56 Å². The summed E-state index contributed by atoms with van der Waals surface area (Å²) in [5.41, 5.74) is 3.22. The first-order chi connectivity index (χ1) is 13.7. The van der Waals surface area contributed by atoms with Crippen molar-refractivity contribution in [3.8, 4) is 11.5 Å². The largest absolute Gasteiger partial charge is 0.457 e. The standard InChI is InChI=1S/C23H20BrN3O/c1-16-8-10-18(11-9-16)28-21-7-3-2-5-17(21)12-14-26-23-22-19(6-4-13-25-22)20(24)15-27-23/h2-11,13,15H,12,14H2,1H3,(H,26,27). The van der Waals surface area contributed by atoms with Crippen molar-refractivity contribution in [2.45, 2.75) is 13.3 Å². The van der Waals surface area contributed by atoms with E-state index in [2.05, 4.69) is 56.3 Å². The molecular formula is C23H20BrN3O. The highest BCUT2D eigenvalue weighted by Gasteiger charge is 2.08. The normalized spacial score (nSPS) is 10.8. The van der Waals surface area contributed by atoms with Crippen LogP contribution in [0, 0.1) is 6.92 Å². The number of nitrogens with zero attached hydrogens (tertiary/aromatic N) is 2. The third-order valence-electron chi connectivity index (χ3n) is 4.50. The van der Waals surface area contributed by atoms with Gasteiger partial charge >= 0.3 is 0 Å². The van der Waals surface area contributed by atoms with Crippen molar-refractivity contribution in [3.63, 3.8) is 0 Å². The van der Waals surface area contributed by atoms with Crippen LogP contribution in [0.25, 0.3) is 10.9 Å². The summed E-state index contributed by atoms with van der Waals surface area (Å²) in [5, 5.41) is 4.46. The van der Waals surface area contributed by atoms with Crippen molar-refractivity contribution in [2.24, 2.45) is 0 Å². The number of nitrogens with one attached hydrogen (secondary N) is 1. The molecule has 140 valence electrons. The highest BCUT2D eigenvalue weighted by molar-refractivity contribution is 9.10. The summed E-state index contributed by atoms with van der Waals surface area (Å²) in [6.07, 6.45) is 4.40. The number of rotatable bonds is 6. The second-order valence-electron chi connectivity index (χ2n) is 6.55. The lowest BCUT2D eigenvalue weighted by molar-refractivity contribution is 0.476. The van der Waals surface area contributed by atoms with E-state index in [1.54, 1.807) is 12.4 Å². The maximum Gasteiger partial charge on any atom is 0.152 e. The van der Waals surface area contributed by atoms with Crippen LogP contribution in [-0.2, 0) is 6.42 Å². The first-order valence-corrected chi connectivity index (χ1v) is 9.95. The summed E-state index contributed by atoms with van der Waals surface area (Å²) >= 11 is 3.53. The third kappa shape index (κ3) is 4.15. The molecule has 0 aliphatic heterocycles. The highest BCUT2D eigenvalue weighted by atomic mass is 79.9. The molecule has 0 bridgehead atoms. The van der Waals surface area contributed by atoms with Gasteiger partial charge in [-0.3, -0.25) is 4.98 Å². The molecule has 0 fully saturated rings. The molecule has 0 radical (unpaired) electrons. The van der Waals surface area contributed by atoms with Gasteiger partial charge in [0.1, 0.15) is 17.0 Å². The molecule has 0 unspecified atom stereocenters. The number of benzene rings is 2. The van der Waals surface area contributed by atoms with Gasteiger partial charge in [0.25, 0.3) is 0 Å². The van der Waals surface area contributed by atoms with Crippen LogP contribution in [0.4, 0.5) is 5.82 Å². The van der Waals surface area contributed by atoms with E-state index in [-0.39, 0.29) is 0 Å². The van der Waals surface area contributed by atoms with Gasteiger partial charge < -0.3 is 10.1 Å². The van der Waals surface area contributed by atoms with Gasteiger partial charge in [-0.05, 0) is 65.2 Å². The van der Waals surface area contributed by atoms with Gasteiger partial charge in [-0.15, -0.1) is 0 Å². The van der Waals surface area contributed by atoms with Crippen molar-refractivity contribution in [3.05, 3.63) is 88.7 Å². The molecule has 0 aliphatic carbocycles. The van der Waals surface area contributed by atoms with Crippen LogP contribution >= 0.6 is 15.9 Å². The predicted molar refractivity (Wildman–Crippen MR) is 117 cm³/mol. The summed E-state index contributed by atoms with van der Waals surface area (Å²) < 4.78 is 7.03. The van der Waals surface area contributed by atoms with Crippen LogP contribution in [-0.4, -0.2) is 16.5 Å². The molecular weight excluding hydrogens is 414 g/mol. The fourth-order valence-electron chi connectivity index (χ4n) is 3.03.